The molecular weight excluding hydrogens is 514 g/mol. The number of H-pyrrole nitrogens is 1. The molecule has 3 aliphatic heterocycles. The molecule has 0 saturated carbocycles. The predicted octanol–water partition coefficient (Wildman–Crippen LogP) is 4.29. The molecule has 5 rings (SSSR count). The molecule has 4 heterocycles. The number of rotatable bonds is 7. The number of aromatic nitrogens is 1. The number of benzene rings is 1. The Hall–Kier alpha value is -2.20. The van der Waals surface area contributed by atoms with Crippen molar-refractivity contribution in [2.45, 2.75) is 63.3 Å². The molecule has 0 bridgehead atoms. The van der Waals surface area contributed by atoms with E-state index >= 15 is 0 Å². The Morgan fingerprint density at radius 1 is 1.27 bits per heavy atom. The maximum Gasteiger partial charge on any atom is 0.254 e. The maximum absolute atomic E-state index is 13.4. The summed E-state index contributed by atoms with van der Waals surface area (Å²) in [5, 5.41) is 2.60. The van der Waals surface area contributed by atoms with Crippen molar-refractivity contribution < 1.29 is 21.7 Å². The number of halogens is 1. The Morgan fingerprint density at radius 2 is 1.97 bits per heavy atom. The summed E-state index contributed by atoms with van der Waals surface area (Å²) >= 11 is 7.82. The lowest BCUT2D eigenvalue weighted by Gasteiger charge is -2.40. The molecule has 2 aromatic rings. The van der Waals surface area contributed by atoms with E-state index in [1.54, 1.807) is 26.2 Å². The lowest BCUT2D eigenvalue weighted by Crippen LogP contribution is -2.50. The summed E-state index contributed by atoms with van der Waals surface area (Å²) in [7, 11) is 0. The molecule has 1 amide bonds. The maximum atomic E-state index is 13.4. The highest BCUT2D eigenvalue weighted by Gasteiger charge is 2.47. The topological polar surface area (TPSA) is 92.9 Å². The van der Waals surface area contributed by atoms with Gasteiger partial charge in [0.2, 0.25) is 0 Å². The predicted molar refractivity (Wildman–Crippen MR) is 144 cm³/mol. The van der Waals surface area contributed by atoms with Gasteiger partial charge in [0.1, 0.15) is 0 Å². The van der Waals surface area contributed by atoms with Crippen molar-refractivity contribution in [3.63, 3.8) is 0 Å². The number of hydrogen-bond donors (Lipinski definition) is 2. The van der Waals surface area contributed by atoms with Gasteiger partial charge in [-0.25, -0.2) is 0 Å². The first-order valence-corrected chi connectivity index (χ1v) is 14.2. The van der Waals surface area contributed by atoms with Crippen LogP contribution in [0.3, 0.4) is 0 Å². The average molecular weight is 550 g/mol. The second kappa shape index (κ2) is 10.5. The van der Waals surface area contributed by atoms with Gasteiger partial charge in [-0.3, -0.25) is 9.59 Å². The Morgan fingerprint density at radius 3 is 2.62 bits per heavy atom. The van der Waals surface area contributed by atoms with E-state index in [1.807, 2.05) is 6.92 Å². The number of thioether (sulfide) groups is 1. The molecule has 10 heteroatoms. The number of nitrogens with zero attached hydrogens (tertiary/aromatic N) is 1. The quantitative estimate of drug-likeness (QED) is 0.498. The molecule has 8 nitrogen and oxygen atoms in total. The summed E-state index contributed by atoms with van der Waals surface area (Å²) < 4.78 is 35.4. The molecule has 2 fully saturated rings. The van der Waals surface area contributed by atoms with Crippen LogP contribution in [0.4, 0.5) is 0 Å². The van der Waals surface area contributed by atoms with Crippen molar-refractivity contribution in [3.05, 3.63) is 49.9 Å². The van der Waals surface area contributed by atoms with Gasteiger partial charge in [-0.15, -0.1) is 11.8 Å². The van der Waals surface area contributed by atoms with Crippen molar-refractivity contribution in [3.8, 4) is 11.5 Å². The number of aromatic amines is 1. The number of carbonyl (C=O) groups excluding carboxylic acids is 1. The Kier molecular flexibility index (Phi) is 6.79. The molecule has 1 aromatic heterocycles. The summed E-state index contributed by atoms with van der Waals surface area (Å²) in [4.78, 5) is 31.5. The molecule has 2 saturated heterocycles. The van der Waals surface area contributed by atoms with Gasteiger partial charge in [-0.2, -0.15) is 0 Å². The van der Waals surface area contributed by atoms with Crippen molar-refractivity contribution in [2.75, 3.05) is 32.5 Å². The molecule has 1 aromatic carbocycles. The molecule has 0 radical (unpaired) electrons. The zero-order valence-electron chi connectivity index (χ0n) is 23.5. The van der Waals surface area contributed by atoms with Crippen LogP contribution in [-0.4, -0.2) is 60.2 Å². The van der Waals surface area contributed by atoms with Crippen LogP contribution in [0.2, 0.25) is 5.02 Å². The number of fused-ring (bicyclic) bond motifs is 1. The van der Waals surface area contributed by atoms with Crippen LogP contribution in [0.15, 0.2) is 21.8 Å². The molecule has 2 N–H and O–H groups in total. The molecule has 1 unspecified atom stereocenters. The molecule has 0 aliphatic carbocycles. The second-order valence-electron chi connectivity index (χ2n) is 10.1. The van der Waals surface area contributed by atoms with E-state index in [0.29, 0.717) is 33.8 Å². The van der Waals surface area contributed by atoms with Gasteiger partial charge in [0.25, 0.3) is 17.3 Å². The van der Waals surface area contributed by atoms with Crippen molar-refractivity contribution in [2.24, 2.45) is 5.92 Å². The van der Waals surface area contributed by atoms with E-state index in [1.165, 1.54) is 17.8 Å². The van der Waals surface area contributed by atoms with Crippen LogP contribution < -0.4 is 20.3 Å². The summed E-state index contributed by atoms with van der Waals surface area (Å²) in [6.45, 7) is 6.58. The van der Waals surface area contributed by atoms with E-state index in [-0.39, 0.29) is 22.1 Å². The number of nitrogens with one attached hydrogen (secondary N) is 2. The van der Waals surface area contributed by atoms with Crippen LogP contribution in [0.25, 0.3) is 0 Å². The third-order valence-electron chi connectivity index (χ3n) is 7.53. The Labute approximate surface area is 229 Å². The molecule has 3 aliphatic rings. The van der Waals surface area contributed by atoms with Gasteiger partial charge in [-0.1, -0.05) is 11.6 Å². The number of amides is 1. The molecule has 2 atom stereocenters. The Bertz CT molecular complexity index is 1340. The minimum atomic E-state index is -2.43. The minimum Gasteiger partial charge on any atom is -0.448 e. The van der Waals surface area contributed by atoms with Gasteiger partial charge in [0, 0.05) is 59.8 Å². The number of carbonyl (C=O) groups is 1. The highest BCUT2D eigenvalue weighted by molar-refractivity contribution is 7.98. The monoisotopic (exact) mass is 549 g/mol. The molecule has 37 heavy (non-hydrogen) atoms. The molecule has 200 valence electrons. The summed E-state index contributed by atoms with van der Waals surface area (Å²) in [6, 6.07) is 3.15. The standard InChI is InChI=1S/C27H34ClN3O5S/c1-15-11-22(37-4)20(26(33)30-15)13-29-25(32)19-12-21(28)24-23(16(19)2)35-27(3,36-24)17-5-8-31(9-6-17)14-18-7-10-34-18/h11-12,17-18H,5-10,13-14H2,1-4H3,(H,29,32)(H,30,33)/t18-,27?/m1/s1/i13D2. The van der Waals surface area contributed by atoms with Gasteiger partial charge in [0.05, 0.1) is 13.9 Å². The first-order chi connectivity index (χ1) is 18.4. The summed E-state index contributed by atoms with van der Waals surface area (Å²) in [5.41, 5.74) is 0.511. The van der Waals surface area contributed by atoms with Gasteiger partial charge in [-0.05, 0) is 64.6 Å². The van der Waals surface area contributed by atoms with Crippen LogP contribution in [0.1, 0.15) is 56.1 Å². The van der Waals surface area contributed by atoms with E-state index in [4.69, 9.17) is 28.6 Å². The third kappa shape index (κ3) is 5.24. The van der Waals surface area contributed by atoms with Crippen molar-refractivity contribution in [1.82, 2.24) is 15.2 Å². The van der Waals surface area contributed by atoms with Gasteiger partial charge < -0.3 is 29.4 Å². The van der Waals surface area contributed by atoms with Crippen molar-refractivity contribution >= 4 is 29.3 Å². The fraction of sp³-hybridized carbons (Fsp3) is 0.556. The first-order valence-electron chi connectivity index (χ1n) is 13.6. The number of piperidine rings is 1. The normalized spacial score (nSPS) is 24.8. The molecule has 0 spiro atoms. The molecular formula is C27H34ClN3O5S. The third-order valence-corrected chi connectivity index (χ3v) is 8.57. The van der Waals surface area contributed by atoms with Crippen LogP contribution in [0.5, 0.6) is 11.5 Å². The van der Waals surface area contributed by atoms with Crippen LogP contribution in [-0.2, 0) is 11.2 Å². The number of pyridine rings is 1. The lowest BCUT2D eigenvalue weighted by molar-refractivity contribution is -0.129. The van der Waals surface area contributed by atoms with E-state index in [9.17, 15) is 9.59 Å². The number of hydrogen-bond acceptors (Lipinski definition) is 7. The minimum absolute atomic E-state index is 0.128. The number of ether oxygens (including phenoxy) is 3. The summed E-state index contributed by atoms with van der Waals surface area (Å²) in [6.07, 6.45) is 5.00. The first kappa shape index (κ1) is 23.9. The fourth-order valence-corrected chi connectivity index (χ4v) is 6.10. The van der Waals surface area contributed by atoms with Crippen LogP contribution >= 0.6 is 23.4 Å². The van der Waals surface area contributed by atoms with E-state index < -0.39 is 23.8 Å². The van der Waals surface area contributed by atoms with Crippen LogP contribution in [0, 0.1) is 19.8 Å². The lowest BCUT2D eigenvalue weighted by atomic mass is 9.89. The number of likely N-dealkylation sites (tertiary alicyclic amines) is 1. The largest absolute Gasteiger partial charge is 0.448 e. The smallest absolute Gasteiger partial charge is 0.254 e. The van der Waals surface area contributed by atoms with Crippen molar-refractivity contribution in [1.29, 1.82) is 0 Å². The highest BCUT2D eigenvalue weighted by Crippen LogP contribution is 2.51. The van der Waals surface area contributed by atoms with E-state index in [0.717, 1.165) is 45.5 Å². The van der Waals surface area contributed by atoms with Gasteiger partial charge in [0.15, 0.2) is 11.5 Å². The summed E-state index contributed by atoms with van der Waals surface area (Å²) in [5.74, 6) is -0.733. The zero-order chi connectivity index (χ0) is 28.1. The number of aryl methyl sites for hydroxylation is 1. The van der Waals surface area contributed by atoms with Gasteiger partial charge >= 0.3 is 0 Å². The highest BCUT2D eigenvalue weighted by atomic mass is 35.5. The Balaban J connectivity index is 1.34. The zero-order valence-corrected chi connectivity index (χ0v) is 23.1. The van der Waals surface area contributed by atoms with E-state index in [2.05, 4.69) is 15.2 Å². The fourth-order valence-electron chi connectivity index (χ4n) is 5.23. The SMILES string of the molecule is [2H]C([2H])(NC(=O)c1cc(Cl)c2c(c1C)OC(C)(C1CCN(C[C@H]3CCO3)CC1)O2)c1c(SC)cc(C)[nH]c1=O. The average Bonchev–Trinajstić information content (AvgIpc) is 3.22. The second-order valence-corrected chi connectivity index (χ2v) is 11.3.